The number of carbonyl (C=O) groups is 2. The summed E-state index contributed by atoms with van der Waals surface area (Å²) in [5.41, 5.74) is -0.125. The molecule has 8 nitrogen and oxygen atoms in total. The summed E-state index contributed by atoms with van der Waals surface area (Å²) >= 11 is 0. The van der Waals surface area contributed by atoms with Gasteiger partial charge in [-0.2, -0.15) is 5.21 Å². The van der Waals surface area contributed by atoms with E-state index >= 15 is 0 Å². The molecule has 0 spiro atoms. The fourth-order valence-electron chi connectivity index (χ4n) is 1.54. The van der Waals surface area contributed by atoms with Crippen LogP contribution in [0, 0.1) is 11.3 Å². The Hall–Kier alpha value is -1.99. The lowest BCUT2D eigenvalue weighted by molar-refractivity contribution is -0.142. The van der Waals surface area contributed by atoms with Gasteiger partial charge in [-0.1, -0.05) is 20.8 Å². The van der Waals surface area contributed by atoms with Crippen LogP contribution in [0.4, 0.5) is 0 Å². The Morgan fingerprint density at radius 1 is 1.44 bits per heavy atom. The maximum atomic E-state index is 11.5. The van der Waals surface area contributed by atoms with E-state index in [0.29, 0.717) is 6.42 Å². The first-order chi connectivity index (χ1) is 8.29. The van der Waals surface area contributed by atoms with Crippen molar-refractivity contribution in [2.24, 2.45) is 11.3 Å². The molecule has 0 bridgehead atoms. The average Bonchev–Trinajstić information content (AvgIpc) is 2.75. The van der Waals surface area contributed by atoms with Crippen LogP contribution in [-0.2, 0) is 4.79 Å². The molecule has 0 saturated carbocycles. The molecule has 0 aliphatic heterocycles. The quantitative estimate of drug-likeness (QED) is 0.684. The summed E-state index contributed by atoms with van der Waals surface area (Å²) in [6.45, 7) is 5.89. The third kappa shape index (κ3) is 4.48. The third-order valence-corrected chi connectivity index (χ3v) is 2.27. The normalized spacial score (nSPS) is 13.1. The summed E-state index contributed by atoms with van der Waals surface area (Å²) in [5.74, 6) is -2.21. The van der Waals surface area contributed by atoms with Crippen LogP contribution >= 0.6 is 0 Å². The molecule has 0 aliphatic rings. The number of aromatic amines is 1. The summed E-state index contributed by atoms with van der Waals surface area (Å²) in [7, 11) is 0. The fourth-order valence-corrected chi connectivity index (χ4v) is 1.54. The Morgan fingerprint density at radius 2 is 2.11 bits per heavy atom. The first-order valence-electron chi connectivity index (χ1n) is 5.54. The van der Waals surface area contributed by atoms with E-state index in [4.69, 9.17) is 5.11 Å². The highest BCUT2D eigenvalue weighted by molar-refractivity contribution is 5.90. The zero-order valence-electron chi connectivity index (χ0n) is 10.6. The van der Waals surface area contributed by atoms with E-state index in [-0.39, 0.29) is 17.8 Å². The number of aliphatic carboxylic acids is 1. The van der Waals surface area contributed by atoms with Crippen LogP contribution in [0.2, 0.25) is 0 Å². The highest BCUT2D eigenvalue weighted by Crippen LogP contribution is 2.24. The Bertz CT molecular complexity index is 410. The number of carboxylic acids is 1. The van der Waals surface area contributed by atoms with Gasteiger partial charge < -0.3 is 10.4 Å². The van der Waals surface area contributed by atoms with E-state index in [2.05, 4.69) is 25.9 Å². The van der Waals surface area contributed by atoms with Crippen LogP contribution in [0.3, 0.4) is 0 Å². The molecule has 100 valence electrons. The van der Waals surface area contributed by atoms with Crippen molar-refractivity contribution in [3.8, 4) is 0 Å². The number of tetrazole rings is 1. The number of amides is 1. The van der Waals surface area contributed by atoms with Gasteiger partial charge in [-0.15, -0.1) is 10.2 Å². The molecule has 0 fully saturated rings. The highest BCUT2D eigenvalue weighted by Gasteiger charge is 2.25. The van der Waals surface area contributed by atoms with Gasteiger partial charge in [0.25, 0.3) is 11.7 Å². The van der Waals surface area contributed by atoms with Gasteiger partial charge in [0, 0.05) is 6.54 Å². The van der Waals surface area contributed by atoms with Crippen molar-refractivity contribution in [3.63, 3.8) is 0 Å². The fraction of sp³-hybridized carbons (Fsp3) is 0.700. The Kier molecular flexibility index (Phi) is 4.35. The summed E-state index contributed by atoms with van der Waals surface area (Å²) in [6.07, 6.45) is 0.467. The van der Waals surface area contributed by atoms with Gasteiger partial charge in [-0.25, -0.2) is 0 Å². The third-order valence-electron chi connectivity index (χ3n) is 2.27. The van der Waals surface area contributed by atoms with Gasteiger partial charge in [0.2, 0.25) is 0 Å². The molecule has 1 amide bonds. The minimum Gasteiger partial charge on any atom is -0.481 e. The zero-order chi connectivity index (χ0) is 13.8. The summed E-state index contributed by atoms with van der Waals surface area (Å²) in [4.78, 5) is 22.6. The SMILES string of the molecule is CC(C)(C)CC(CNC(=O)c1nn[nH]n1)C(=O)O. The van der Waals surface area contributed by atoms with Crippen molar-refractivity contribution in [2.45, 2.75) is 27.2 Å². The molecule has 8 heteroatoms. The van der Waals surface area contributed by atoms with Crippen LogP contribution < -0.4 is 5.32 Å². The number of hydrogen-bond donors (Lipinski definition) is 3. The molecule has 3 N–H and O–H groups in total. The summed E-state index contributed by atoms with van der Waals surface area (Å²) in [5, 5.41) is 24.0. The Labute approximate surface area is 104 Å². The van der Waals surface area contributed by atoms with Crippen molar-refractivity contribution in [1.29, 1.82) is 0 Å². The van der Waals surface area contributed by atoms with Crippen LogP contribution in [0.5, 0.6) is 0 Å². The Morgan fingerprint density at radius 3 is 2.56 bits per heavy atom. The second kappa shape index (κ2) is 5.56. The molecule has 0 aliphatic carbocycles. The summed E-state index contributed by atoms with van der Waals surface area (Å²) < 4.78 is 0. The van der Waals surface area contributed by atoms with Gasteiger partial charge in [0.15, 0.2) is 0 Å². The largest absolute Gasteiger partial charge is 0.481 e. The molecule has 0 saturated heterocycles. The monoisotopic (exact) mass is 255 g/mol. The van der Waals surface area contributed by atoms with Gasteiger partial charge in [0.1, 0.15) is 0 Å². The van der Waals surface area contributed by atoms with Gasteiger partial charge >= 0.3 is 5.97 Å². The maximum absolute atomic E-state index is 11.5. The molecule has 1 heterocycles. The van der Waals surface area contributed by atoms with Crippen LogP contribution in [0.15, 0.2) is 0 Å². The van der Waals surface area contributed by atoms with Crippen molar-refractivity contribution in [1.82, 2.24) is 25.9 Å². The number of hydrogen-bond acceptors (Lipinski definition) is 5. The number of aromatic nitrogens is 4. The molecule has 1 atom stereocenters. The number of H-pyrrole nitrogens is 1. The Balaban J connectivity index is 2.53. The predicted octanol–water partition coefficient (Wildman–Crippen LogP) is 0.0665. The van der Waals surface area contributed by atoms with Crippen molar-refractivity contribution >= 4 is 11.9 Å². The molecule has 1 rings (SSSR count). The number of carboxylic acid groups (broad SMARTS) is 1. The predicted molar refractivity (Wildman–Crippen MR) is 61.7 cm³/mol. The van der Waals surface area contributed by atoms with Crippen molar-refractivity contribution in [2.75, 3.05) is 6.54 Å². The number of nitrogens with one attached hydrogen (secondary N) is 2. The number of rotatable bonds is 5. The number of carbonyl (C=O) groups excluding carboxylic acids is 1. The second-order valence-corrected chi connectivity index (χ2v) is 5.25. The van der Waals surface area contributed by atoms with Gasteiger partial charge in [-0.05, 0) is 17.0 Å². The molecule has 0 radical (unpaired) electrons. The lowest BCUT2D eigenvalue weighted by atomic mass is 9.84. The lowest BCUT2D eigenvalue weighted by Gasteiger charge is -2.23. The lowest BCUT2D eigenvalue weighted by Crippen LogP contribution is -2.35. The minimum atomic E-state index is -0.932. The van der Waals surface area contributed by atoms with E-state index in [1.807, 2.05) is 20.8 Å². The first-order valence-corrected chi connectivity index (χ1v) is 5.54. The average molecular weight is 255 g/mol. The standard InChI is InChI=1S/C10H17N5O3/c1-10(2,3)4-6(9(17)18)5-11-8(16)7-12-14-15-13-7/h6H,4-5H2,1-3H3,(H,11,16)(H,17,18)(H,12,13,14,15). The zero-order valence-corrected chi connectivity index (χ0v) is 10.6. The van der Waals surface area contributed by atoms with Crippen molar-refractivity contribution < 1.29 is 14.7 Å². The highest BCUT2D eigenvalue weighted by atomic mass is 16.4. The second-order valence-electron chi connectivity index (χ2n) is 5.25. The molecule has 1 aromatic rings. The van der Waals surface area contributed by atoms with E-state index < -0.39 is 17.8 Å². The van der Waals surface area contributed by atoms with Crippen LogP contribution in [-0.4, -0.2) is 44.2 Å². The van der Waals surface area contributed by atoms with E-state index in [9.17, 15) is 9.59 Å². The molecule has 0 aromatic carbocycles. The van der Waals surface area contributed by atoms with E-state index in [1.165, 1.54) is 0 Å². The molecule has 1 aromatic heterocycles. The molecular weight excluding hydrogens is 238 g/mol. The van der Waals surface area contributed by atoms with Gasteiger partial charge in [0.05, 0.1) is 5.92 Å². The maximum Gasteiger partial charge on any atom is 0.308 e. The van der Waals surface area contributed by atoms with Gasteiger partial charge in [-0.3, -0.25) is 9.59 Å². The van der Waals surface area contributed by atoms with Crippen molar-refractivity contribution in [3.05, 3.63) is 5.82 Å². The molecular formula is C10H17N5O3. The molecule has 1 unspecified atom stereocenters. The topological polar surface area (TPSA) is 121 Å². The summed E-state index contributed by atoms with van der Waals surface area (Å²) in [6, 6.07) is 0. The smallest absolute Gasteiger partial charge is 0.308 e. The molecule has 18 heavy (non-hydrogen) atoms. The first kappa shape index (κ1) is 14.1. The van der Waals surface area contributed by atoms with Crippen LogP contribution in [0.1, 0.15) is 37.8 Å². The van der Waals surface area contributed by atoms with E-state index in [1.54, 1.807) is 0 Å². The number of nitrogens with zero attached hydrogens (tertiary/aromatic N) is 3. The van der Waals surface area contributed by atoms with E-state index in [0.717, 1.165) is 0 Å². The van der Waals surface area contributed by atoms with Crippen LogP contribution in [0.25, 0.3) is 0 Å². The minimum absolute atomic E-state index is 0.0416.